The van der Waals surface area contributed by atoms with Crippen LogP contribution in [0.4, 0.5) is 10.6 Å². The highest BCUT2D eigenvalue weighted by molar-refractivity contribution is 7.51. The molecule has 0 radical (unpaired) electrons. The molecule has 208 valence electrons. The highest BCUT2D eigenvalue weighted by Gasteiger charge is 2.53. The van der Waals surface area contributed by atoms with Gasteiger partial charge in [0.25, 0.3) is 0 Å². The molecule has 2 fully saturated rings. The van der Waals surface area contributed by atoms with Crippen molar-refractivity contribution in [3.8, 4) is 0 Å². The first-order chi connectivity index (χ1) is 18.9. The minimum Gasteiger partial charge on any atom is -0.778 e. The predicted octanol–water partition coefficient (Wildman–Crippen LogP) is 1.22. The fraction of sp³-hybridized carbons (Fsp3) is 0.417. The zero-order valence-corrected chi connectivity index (χ0v) is 22.0. The Bertz CT molecular complexity index is 1370. The molecule has 4 N–H and O–H groups in total. The molecule has 0 aliphatic carbocycles. The van der Waals surface area contributed by atoms with Crippen molar-refractivity contribution in [3.63, 3.8) is 0 Å². The number of rotatable bonds is 10. The Morgan fingerprint density at radius 1 is 1.21 bits per heavy atom. The quantitative estimate of drug-likeness (QED) is 0.304. The molecule has 2 saturated heterocycles. The molecular weight excluding hydrogens is 529 g/mol. The Hall–Kier alpha value is -3.23. The van der Waals surface area contributed by atoms with Crippen LogP contribution in [0.3, 0.4) is 0 Å². The lowest BCUT2D eigenvalue weighted by atomic mass is 10.1. The van der Waals surface area contributed by atoms with Crippen molar-refractivity contribution in [2.24, 2.45) is 5.73 Å². The number of anilines is 1. The second-order valence-electron chi connectivity index (χ2n) is 8.85. The number of aromatic nitrogens is 4. The lowest BCUT2D eigenvalue weighted by molar-refractivity contribution is -0.203. The van der Waals surface area contributed by atoms with Gasteiger partial charge in [0.15, 0.2) is 29.5 Å². The fourth-order valence-corrected chi connectivity index (χ4v) is 5.23. The summed E-state index contributed by atoms with van der Waals surface area (Å²) in [6, 6.07) is 9.23. The number of hydrogen-bond acceptors (Lipinski definition) is 11. The zero-order chi connectivity index (χ0) is 27.4. The van der Waals surface area contributed by atoms with Crippen LogP contribution in [0.1, 0.15) is 18.7 Å². The average Bonchev–Trinajstić information content (AvgIpc) is 3.61. The number of urea groups is 1. The van der Waals surface area contributed by atoms with Crippen molar-refractivity contribution >= 4 is 36.7 Å². The summed E-state index contributed by atoms with van der Waals surface area (Å²) in [5, 5.41) is 5.29. The number of benzene rings is 1. The molecule has 39 heavy (non-hydrogen) atoms. The fourth-order valence-electron chi connectivity index (χ4n) is 4.41. The van der Waals surface area contributed by atoms with Gasteiger partial charge in [-0.1, -0.05) is 36.4 Å². The third-order valence-electron chi connectivity index (χ3n) is 6.15. The topological polar surface area (TPSA) is 188 Å². The first-order valence-corrected chi connectivity index (χ1v) is 14.2. The van der Waals surface area contributed by atoms with Crippen molar-refractivity contribution < 1.29 is 33.0 Å². The van der Waals surface area contributed by atoms with Gasteiger partial charge >= 0.3 is 6.03 Å². The molecule has 5 rings (SSSR count). The summed E-state index contributed by atoms with van der Waals surface area (Å²) in [7, 11) is -4.15. The number of nitrogens with one attached hydrogen (secondary N) is 2. The van der Waals surface area contributed by atoms with Crippen LogP contribution in [0, 0.1) is 0 Å². The SMILES string of the molecule is CCNC(=O)Nc1ncnc2c1ncn2[C@@H]1O[C@H](COP(=O)([O-])CCN)C2O[C@H](/C=C/c3ccccc3)O[C@@H]21. The summed E-state index contributed by atoms with van der Waals surface area (Å²) < 4.78 is 37.5. The van der Waals surface area contributed by atoms with Crippen molar-refractivity contribution in [3.05, 3.63) is 54.6 Å². The lowest BCUT2D eigenvalue weighted by Gasteiger charge is -2.26. The van der Waals surface area contributed by atoms with Gasteiger partial charge < -0.3 is 39.2 Å². The molecule has 2 aliphatic heterocycles. The first kappa shape index (κ1) is 27.3. The van der Waals surface area contributed by atoms with Gasteiger partial charge in [-0.15, -0.1) is 0 Å². The van der Waals surface area contributed by atoms with Crippen molar-refractivity contribution in [2.75, 3.05) is 31.2 Å². The van der Waals surface area contributed by atoms with E-state index >= 15 is 0 Å². The molecule has 4 heterocycles. The number of amides is 2. The minimum atomic E-state index is -4.15. The van der Waals surface area contributed by atoms with Crippen molar-refractivity contribution in [1.82, 2.24) is 24.8 Å². The van der Waals surface area contributed by atoms with E-state index in [0.29, 0.717) is 17.7 Å². The Balaban J connectivity index is 1.40. The van der Waals surface area contributed by atoms with Gasteiger partial charge in [0, 0.05) is 19.3 Å². The third kappa shape index (κ3) is 6.17. The maximum absolute atomic E-state index is 12.2. The zero-order valence-electron chi connectivity index (χ0n) is 21.1. The van der Waals surface area contributed by atoms with Crippen molar-refractivity contribution in [1.29, 1.82) is 0 Å². The summed E-state index contributed by atoms with van der Waals surface area (Å²) in [5.41, 5.74) is 7.08. The maximum atomic E-state index is 12.2. The highest BCUT2D eigenvalue weighted by atomic mass is 31.2. The van der Waals surface area contributed by atoms with E-state index in [2.05, 4.69) is 25.6 Å². The largest absolute Gasteiger partial charge is 0.778 e. The lowest BCUT2D eigenvalue weighted by Crippen LogP contribution is -2.32. The number of imidazole rings is 1. The molecule has 15 heteroatoms. The van der Waals surface area contributed by atoms with Gasteiger partial charge in [-0.2, -0.15) is 0 Å². The van der Waals surface area contributed by atoms with Crippen LogP contribution in [0.5, 0.6) is 0 Å². The molecule has 2 amide bonds. The maximum Gasteiger partial charge on any atom is 0.320 e. The van der Waals surface area contributed by atoms with E-state index in [1.54, 1.807) is 17.6 Å². The van der Waals surface area contributed by atoms with Gasteiger partial charge in [0.05, 0.1) is 12.9 Å². The Kier molecular flexibility index (Phi) is 8.33. The van der Waals surface area contributed by atoms with Crippen LogP contribution in [0.25, 0.3) is 17.2 Å². The van der Waals surface area contributed by atoms with Gasteiger partial charge in [0.2, 0.25) is 0 Å². The summed E-state index contributed by atoms with van der Waals surface area (Å²) >= 11 is 0. The van der Waals surface area contributed by atoms with Crippen LogP contribution in [-0.4, -0.2) is 76.0 Å². The number of carbonyl (C=O) groups excluding carboxylic acids is 1. The standard InChI is InChI=1S/C24H30N7O7P/c1-2-26-24(32)30-21-18-22(28-13-27-21)31(14-29-18)23-20-19(16(36-23)12-35-39(33,34)11-10-25)37-17(38-20)9-8-15-6-4-3-5-7-15/h3-9,13-14,16-17,19-20,23H,2,10-12,25H2,1H3,(H,33,34)(H2,26,27,28,30,32)/p-1/b9-8+/t16-,17+,19?,20+,23-/m1/s1. The van der Waals surface area contributed by atoms with Crippen LogP contribution in [0.2, 0.25) is 0 Å². The van der Waals surface area contributed by atoms with Gasteiger partial charge in [0.1, 0.15) is 32.2 Å². The smallest absolute Gasteiger partial charge is 0.320 e. The van der Waals surface area contributed by atoms with E-state index in [0.717, 1.165) is 5.56 Å². The normalized spacial score (nSPS) is 26.1. The van der Waals surface area contributed by atoms with E-state index in [9.17, 15) is 14.3 Å². The van der Waals surface area contributed by atoms with Crippen molar-refractivity contribution in [2.45, 2.75) is 37.8 Å². The average molecular weight is 559 g/mol. The number of ether oxygens (including phenoxy) is 3. The van der Waals surface area contributed by atoms with Crippen LogP contribution in [-0.2, 0) is 23.3 Å². The molecule has 0 bridgehead atoms. The first-order valence-electron chi connectivity index (χ1n) is 12.4. The van der Waals surface area contributed by atoms with E-state index in [4.69, 9.17) is 24.5 Å². The monoisotopic (exact) mass is 558 g/mol. The number of nitrogens with two attached hydrogens (primary N) is 1. The third-order valence-corrected chi connectivity index (χ3v) is 7.50. The molecule has 0 saturated carbocycles. The summed E-state index contributed by atoms with van der Waals surface area (Å²) in [6.07, 6.45) is 2.60. The molecule has 6 atom stereocenters. The number of fused-ring (bicyclic) bond motifs is 2. The van der Waals surface area contributed by atoms with E-state index in [1.165, 1.54) is 12.7 Å². The molecule has 2 aliphatic rings. The molecule has 2 aromatic heterocycles. The number of carbonyl (C=O) groups is 1. The minimum absolute atomic E-state index is 0.0552. The van der Waals surface area contributed by atoms with Crippen LogP contribution >= 0.6 is 7.60 Å². The summed E-state index contributed by atoms with van der Waals surface area (Å²) in [5.74, 6) is 0.223. The van der Waals surface area contributed by atoms with Gasteiger partial charge in [-0.25, -0.2) is 19.7 Å². The molecule has 0 spiro atoms. The van der Waals surface area contributed by atoms with Crippen LogP contribution in [0.15, 0.2) is 49.1 Å². The van der Waals surface area contributed by atoms with E-state index in [1.807, 2.05) is 36.4 Å². The van der Waals surface area contributed by atoms with Gasteiger partial charge in [-0.05, 0) is 18.6 Å². The molecular formula is C24H29N7O7P-. The number of nitrogens with zero attached hydrogens (tertiary/aromatic N) is 4. The summed E-state index contributed by atoms with van der Waals surface area (Å²) in [6.45, 7) is 1.91. The van der Waals surface area contributed by atoms with E-state index in [-0.39, 0.29) is 25.1 Å². The van der Waals surface area contributed by atoms with E-state index < -0.39 is 44.5 Å². The second kappa shape index (κ2) is 11.9. The highest BCUT2D eigenvalue weighted by Crippen LogP contribution is 2.43. The second-order valence-corrected chi connectivity index (χ2v) is 10.8. The van der Waals surface area contributed by atoms with Gasteiger partial charge in [-0.3, -0.25) is 9.88 Å². The Morgan fingerprint density at radius 2 is 2.00 bits per heavy atom. The molecule has 2 unspecified atom stereocenters. The number of hydrogen-bond donors (Lipinski definition) is 3. The Labute approximate surface area is 224 Å². The summed E-state index contributed by atoms with van der Waals surface area (Å²) in [4.78, 5) is 37.1. The molecule has 14 nitrogen and oxygen atoms in total. The molecule has 3 aromatic rings. The molecule has 1 aromatic carbocycles. The predicted molar refractivity (Wildman–Crippen MR) is 138 cm³/mol. The van der Waals surface area contributed by atoms with Crippen LogP contribution < -0.4 is 21.3 Å². The Morgan fingerprint density at radius 3 is 2.77 bits per heavy atom.